The summed E-state index contributed by atoms with van der Waals surface area (Å²) in [7, 11) is 3.37. The minimum atomic E-state index is -0.463. The molecule has 3 rings (SSSR count). The van der Waals surface area contributed by atoms with Gasteiger partial charge in [-0.15, -0.1) is 0 Å². The highest BCUT2D eigenvalue weighted by atomic mass is 16.5. The largest absolute Gasteiger partial charge is 0.464 e. The van der Waals surface area contributed by atoms with Crippen LogP contribution in [0, 0.1) is 0 Å². The lowest BCUT2D eigenvalue weighted by molar-refractivity contribution is 0.0593. The lowest BCUT2D eigenvalue weighted by atomic mass is 9.98. The molecule has 7 heteroatoms. The summed E-state index contributed by atoms with van der Waals surface area (Å²) >= 11 is 0. The fourth-order valence-electron chi connectivity index (χ4n) is 3.28. The lowest BCUT2D eigenvalue weighted by Crippen LogP contribution is -2.39. The average Bonchev–Trinajstić information content (AvgIpc) is 3.22. The SMILES string of the molecule is COC(=O)c1coc(CN2CCCC[C@H]2CCc2nccn2C)n1. The first-order valence-electron chi connectivity index (χ1n) is 8.40. The van der Waals surface area contributed by atoms with E-state index in [1.54, 1.807) is 0 Å². The molecule has 0 N–H and O–H groups in total. The molecule has 1 aliphatic rings. The van der Waals surface area contributed by atoms with Crippen molar-refractivity contribution in [2.24, 2.45) is 7.05 Å². The number of methoxy groups -OCH3 is 1. The summed E-state index contributed by atoms with van der Waals surface area (Å²) in [6.45, 7) is 1.66. The maximum Gasteiger partial charge on any atom is 0.360 e. The van der Waals surface area contributed by atoms with Gasteiger partial charge in [0.05, 0.1) is 13.7 Å². The van der Waals surface area contributed by atoms with Crippen molar-refractivity contribution >= 4 is 5.97 Å². The molecule has 0 amide bonds. The highest BCUT2D eigenvalue weighted by molar-refractivity contribution is 5.86. The molecular weight excluding hydrogens is 308 g/mol. The quantitative estimate of drug-likeness (QED) is 0.755. The Balaban J connectivity index is 1.60. The predicted octanol–water partition coefficient (Wildman–Crippen LogP) is 2.18. The van der Waals surface area contributed by atoms with Crippen LogP contribution in [0.5, 0.6) is 0 Å². The van der Waals surface area contributed by atoms with Crippen LogP contribution in [0.25, 0.3) is 0 Å². The molecule has 24 heavy (non-hydrogen) atoms. The summed E-state index contributed by atoms with van der Waals surface area (Å²) < 4.78 is 12.2. The molecule has 0 aliphatic carbocycles. The molecule has 1 saturated heterocycles. The summed E-state index contributed by atoms with van der Waals surface area (Å²) in [5.41, 5.74) is 0.231. The van der Waals surface area contributed by atoms with E-state index < -0.39 is 5.97 Å². The highest BCUT2D eigenvalue weighted by Crippen LogP contribution is 2.23. The Morgan fingerprint density at radius 3 is 3.08 bits per heavy atom. The van der Waals surface area contributed by atoms with Gasteiger partial charge in [-0.3, -0.25) is 4.90 Å². The van der Waals surface area contributed by atoms with Crippen LogP contribution in [0.3, 0.4) is 0 Å². The first kappa shape index (κ1) is 16.7. The molecule has 0 radical (unpaired) electrons. The Morgan fingerprint density at radius 2 is 2.33 bits per heavy atom. The molecule has 2 aromatic rings. The van der Waals surface area contributed by atoms with Crippen LogP contribution in [0.1, 0.15) is 47.9 Å². The third-order valence-electron chi connectivity index (χ3n) is 4.66. The zero-order chi connectivity index (χ0) is 16.9. The van der Waals surface area contributed by atoms with E-state index in [-0.39, 0.29) is 5.69 Å². The summed E-state index contributed by atoms with van der Waals surface area (Å²) in [5, 5.41) is 0. The molecule has 0 unspecified atom stereocenters. The van der Waals surface area contributed by atoms with Gasteiger partial charge in [-0.25, -0.2) is 14.8 Å². The van der Waals surface area contributed by atoms with E-state index in [0.717, 1.165) is 25.2 Å². The Labute approximate surface area is 141 Å². The van der Waals surface area contributed by atoms with Gasteiger partial charge in [0.1, 0.15) is 12.1 Å². The van der Waals surface area contributed by atoms with Crippen molar-refractivity contribution in [1.82, 2.24) is 19.4 Å². The number of esters is 1. The number of hydrogen-bond acceptors (Lipinski definition) is 6. The smallest absolute Gasteiger partial charge is 0.360 e. The molecule has 1 atom stereocenters. The number of imidazole rings is 1. The topological polar surface area (TPSA) is 73.4 Å². The van der Waals surface area contributed by atoms with E-state index in [4.69, 9.17) is 4.42 Å². The van der Waals surface area contributed by atoms with Gasteiger partial charge in [-0.2, -0.15) is 0 Å². The Bertz CT molecular complexity index is 679. The third-order valence-corrected chi connectivity index (χ3v) is 4.66. The summed E-state index contributed by atoms with van der Waals surface area (Å²) in [6.07, 6.45) is 10.8. The molecule has 0 aromatic carbocycles. The molecule has 2 aromatic heterocycles. The number of carbonyl (C=O) groups is 1. The Morgan fingerprint density at radius 1 is 1.46 bits per heavy atom. The normalized spacial score (nSPS) is 18.7. The van der Waals surface area contributed by atoms with Crippen LogP contribution in [-0.4, -0.2) is 45.1 Å². The molecule has 1 aliphatic heterocycles. The van der Waals surface area contributed by atoms with Crippen molar-refractivity contribution in [2.75, 3.05) is 13.7 Å². The van der Waals surface area contributed by atoms with Crippen LogP contribution in [0.2, 0.25) is 0 Å². The number of aryl methyl sites for hydroxylation is 2. The average molecular weight is 332 g/mol. The number of ether oxygens (including phenoxy) is 1. The van der Waals surface area contributed by atoms with Gasteiger partial charge in [-0.1, -0.05) is 6.42 Å². The van der Waals surface area contributed by atoms with Crippen molar-refractivity contribution in [3.8, 4) is 0 Å². The maximum atomic E-state index is 11.5. The highest BCUT2D eigenvalue weighted by Gasteiger charge is 2.24. The molecular formula is C17H24N4O3. The number of hydrogen-bond donors (Lipinski definition) is 0. The monoisotopic (exact) mass is 332 g/mol. The molecule has 0 saturated carbocycles. The first-order chi connectivity index (χ1) is 11.7. The molecule has 7 nitrogen and oxygen atoms in total. The molecule has 3 heterocycles. The second kappa shape index (κ2) is 7.61. The predicted molar refractivity (Wildman–Crippen MR) is 87.4 cm³/mol. The molecule has 0 spiro atoms. The Kier molecular flexibility index (Phi) is 5.30. The molecule has 1 fully saturated rings. The van der Waals surface area contributed by atoms with E-state index in [9.17, 15) is 4.79 Å². The van der Waals surface area contributed by atoms with Crippen LogP contribution in [-0.2, 0) is 24.8 Å². The van der Waals surface area contributed by atoms with E-state index >= 15 is 0 Å². The number of oxazole rings is 1. The van der Waals surface area contributed by atoms with Crippen molar-refractivity contribution in [1.29, 1.82) is 0 Å². The second-order valence-corrected chi connectivity index (χ2v) is 6.23. The van der Waals surface area contributed by atoms with Gasteiger partial charge >= 0.3 is 5.97 Å². The van der Waals surface area contributed by atoms with E-state index in [1.807, 2.05) is 19.4 Å². The lowest BCUT2D eigenvalue weighted by Gasteiger charge is -2.34. The van der Waals surface area contributed by atoms with Crippen molar-refractivity contribution in [3.05, 3.63) is 36.1 Å². The van der Waals surface area contributed by atoms with Gasteiger partial charge in [-0.05, 0) is 25.8 Å². The number of piperidine rings is 1. The summed E-state index contributed by atoms with van der Waals surface area (Å²) in [5.74, 6) is 1.22. The minimum Gasteiger partial charge on any atom is -0.464 e. The fraction of sp³-hybridized carbons (Fsp3) is 0.588. The summed E-state index contributed by atoms with van der Waals surface area (Å²) in [4.78, 5) is 22.5. The zero-order valence-corrected chi connectivity index (χ0v) is 14.3. The first-order valence-corrected chi connectivity index (χ1v) is 8.40. The van der Waals surface area contributed by atoms with E-state index in [0.29, 0.717) is 18.5 Å². The van der Waals surface area contributed by atoms with Crippen molar-refractivity contribution < 1.29 is 13.9 Å². The van der Waals surface area contributed by atoms with Crippen molar-refractivity contribution in [3.63, 3.8) is 0 Å². The van der Waals surface area contributed by atoms with E-state index in [2.05, 4.69) is 24.2 Å². The number of nitrogens with zero attached hydrogens (tertiary/aromatic N) is 4. The van der Waals surface area contributed by atoms with Crippen molar-refractivity contribution in [2.45, 2.75) is 44.7 Å². The maximum absolute atomic E-state index is 11.5. The molecule has 0 bridgehead atoms. The van der Waals surface area contributed by atoms with Gasteiger partial charge in [0.15, 0.2) is 5.69 Å². The second-order valence-electron chi connectivity index (χ2n) is 6.23. The fourth-order valence-corrected chi connectivity index (χ4v) is 3.28. The number of likely N-dealkylation sites (tertiary alicyclic amines) is 1. The summed E-state index contributed by atoms with van der Waals surface area (Å²) in [6, 6.07) is 0.490. The van der Waals surface area contributed by atoms with Crippen LogP contribution in [0.4, 0.5) is 0 Å². The number of rotatable bonds is 6. The Hall–Kier alpha value is -2.15. The third kappa shape index (κ3) is 3.84. The van der Waals surface area contributed by atoms with Crippen LogP contribution in [0.15, 0.2) is 23.1 Å². The molecule has 130 valence electrons. The van der Waals surface area contributed by atoms with Crippen LogP contribution >= 0.6 is 0 Å². The van der Waals surface area contributed by atoms with Gasteiger partial charge in [0, 0.05) is 31.9 Å². The van der Waals surface area contributed by atoms with Gasteiger partial charge in [0.25, 0.3) is 0 Å². The number of aromatic nitrogens is 3. The van der Waals surface area contributed by atoms with Gasteiger partial charge in [0.2, 0.25) is 5.89 Å². The van der Waals surface area contributed by atoms with E-state index in [1.165, 1.54) is 32.6 Å². The number of carbonyl (C=O) groups excluding carboxylic acids is 1. The van der Waals surface area contributed by atoms with Gasteiger partial charge < -0.3 is 13.7 Å². The minimum absolute atomic E-state index is 0.231. The standard InChI is InChI=1S/C17H24N4O3/c1-20-10-8-18-15(20)7-6-13-5-3-4-9-21(13)11-16-19-14(12-24-16)17(22)23-2/h8,10,12-13H,3-7,9,11H2,1-2H3/t13-/m0/s1. The zero-order valence-electron chi connectivity index (χ0n) is 14.3. The van der Waals surface area contributed by atoms with Crippen LogP contribution < -0.4 is 0 Å².